The molecule has 1 aromatic carbocycles. The molecule has 0 atom stereocenters. The lowest BCUT2D eigenvalue weighted by atomic mass is 10.0. The third kappa shape index (κ3) is 2.44. The highest BCUT2D eigenvalue weighted by Gasteiger charge is 2.47. The van der Waals surface area contributed by atoms with Crippen LogP contribution in [0.1, 0.15) is 12.0 Å². The van der Waals surface area contributed by atoms with E-state index in [1.165, 1.54) is 0 Å². The Kier molecular flexibility index (Phi) is 3.24. The van der Waals surface area contributed by atoms with Crippen LogP contribution < -0.4 is 9.84 Å². The molecule has 0 fully saturated rings. The van der Waals surface area contributed by atoms with Gasteiger partial charge in [0.25, 0.3) is 0 Å². The molecular formula is C10H11F3N2O2S. The molecule has 1 aliphatic rings. The number of hydrogen-bond donors (Lipinski definition) is 1. The van der Waals surface area contributed by atoms with Gasteiger partial charge in [0.15, 0.2) is 0 Å². The first-order chi connectivity index (χ1) is 8.31. The predicted molar refractivity (Wildman–Crippen MR) is 60.2 cm³/mol. The highest BCUT2D eigenvalue weighted by atomic mass is 32.2. The topological polar surface area (TPSA) is 49.4 Å². The van der Waals surface area contributed by atoms with E-state index < -0.39 is 15.5 Å². The smallest absolute Gasteiger partial charge is 0.294 e. The fourth-order valence-corrected chi connectivity index (χ4v) is 2.41. The molecule has 0 saturated carbocycles. The van der Waals surface area contributed by atoms with Crippen LogP contribution in [0.3, 0.4) is 0 Å². The van der Waals surface area contributed by atoms with Crippen LogP contribution in [0.15, 0.2) is 24.3 Å². The van der Waals surface area contributed by atoms with Crippen LogP contribution >= 0.6 is 0 Å². The lowest BCUT2D eigenvalue weighted by Gasteiger charge is -2.31. The average molecular weight is 280 g/mol. The van der Waals surface area contributed by atoms with Crippen molar-refractivity contribution in [2.24, 2.45) is 0 Å². The van der Waals surface area contributed by atoms with Crippen molar-refractivity contribution in [1.29, 1.82) is 0 Å². The summed E-state index contributed by atoms with van der Waals surface area (Å²) in [6.07, 6.45) is 1.32. The summed E-state index contributed by atoms with van der Waals surface area (Å²) in [4.78, 5) is 1.57. The second-order valence-corrected chi connectivity index (χ2v) is 5.58. The van der Waals surface area contributed by atoms with Crippen LogP contribution in [0.4, 0.5) is 18.9 Å². The van der Waals surface area contributed by atoms with E-state index in [0.29, 0.717) is 12.1 Å². The number of para-hydroxylation sites is 1. The summed E-state index contributed by atoms with van der Waals surface area (Å²) < 4.78 is 59.0. The van der Waals surface area contributed by atoms with E-state index in [4.69, 9.17) is 0 Å². The number of hydrogen-bond acceptors (Lipinski definition) is 3. The van der Waals surface area contributed by atoms with E-state index >= 15 is 0 Å². The summed E-state index contributed by atoms with van der Waals surface area (Å²) in [5, 5.41) is 1.03. The normalized spacial score (nSPS) is 16.5. The number of rotatable bonds is 2. The van der Waals surface area contributed by atoms with Gasteiger partial charge in [-0.25, -0.2) is 8.42 Å². The van der Waals surface area contributed by atoms with Gasteiger partial charge >= 0.3 is 15.5 Å². The van der Waals surface area contributed by atoms with E-state index in [1.54, 1.807) is 29.1 Å². The zero-order valence-corrected chi connectivity index (χ0v) is 10.1. The zero-order valence-electron chi connectivity index (χ0n) is 9.24. The summed E-state index contributed by atoms with van der Waals surface area (Å²) in [6.45, 7) is 0.215. The summed E-state index contributed by atoms with van der Waals surface area (Å²) in [6, 6.07) is 6.77. The van der Waals surface area contributed by atoms with Crippen molar-refractivity contribution in [2.75, 3.05) is 11.6 Å². The van der Waals surface area contributed by atoms with Crippen molar-refractivity contribution in [3.8, 4) is 0 Å². The maximum absolute atomic E-state index is 12.3. The average Bonchev–Trinajstić information content (AvgIpc) is 2.27. The number of hydrazine groups is 1. The van der Waals surface area contributed by atoms with Crippen LogP contribution in [0.5, 0.6) is 0 Å². The molecule has 0 bridgehead atoms. The van der Waals surface area contributed by atoms with Crippen molar-refractivity contribution in [2.45, 2.75) is 18.3 Å². The van der Waals surface area contributed by atoms with E-state index in [0.717, 1.165) is 17.0 Å². The van der Waals surface area contributed by atoms with Crippen LogP contribution in [0.2, 0.25) is 0 Å². The van der Waals surface area contributed by atoms with Crippen LogP contribution in [0.25, 0.3) is 0 Å². The van der Waals surface area contributed by atoms with Crippen molar-refractivity contribution in [1.82, 2.24) is 4.83 Å². The third-order valence-electron chi connectivity index (χ3n) is 2.65. The van der Waals surface area contributed by atoms with Crippen molar-refractivity contribution >= 4 is 15.7 Å². The minimum Gasteiger partial charge on any atom is -0.294 e. The molecule has 0 aromatic heterocycles. The Morgan fingerprint density at radius 1 is 1.22 bits per heavy atom. The molecule has 1 aromatic rings. The Labute approximate surface area is 102 Å². The van der Waals surface area contributed by atoms with Gasteiger partial charge in [0.2, 0.25) is 0 Å². The molecule has 0 radical (unpaired) electrons. The van der Waals surface area contributed by atoms with Gasteiger partial charge in [0, 0.05) is 6.54 Å². The SMILES string of the molecule is O=S(=O)(NN1CCCc2ccccc21)C(F)(F)F. The van der Waals surface area contributed by atoms with Gasteiger partial charge in [-0.05, 0) is 24.5 Å². The number of sulfonamides is 1. The molecule has 1 heterocycles. The van der Waals surface area contributed by atoms with E-state index in [-0.39, 0.29) is 6.54 Å². The van der Waals surface area contributed by atoms with Gasteiger partial charge in [-0.3, -0.25) is 5.01 Å². The zero-order chi connectivity index (χ0) is 13.4. The molecule has 1 N–H and O–H groups in total. The van der Waals surface area contributed by atoms with E-state index in [2.05, 4.69) is 0 Å². The number of alkyl halides is 3. The fourth-order valence-electron chi connectivity index (χ4n) is 1.83. The molecule has 8 heteroatoms. The van der Waals surface area contributed by atoms with Crippen LogP contribution in [-0.4, -0.2) is 20.5 Å². The molecule has 100 valence electrons. The lowest BCUT2D eigenvalue weighted by Crippen LogP contribution is -2.49. The second kappa shape index (κ2) is 4.43. The molecule has 4 nitrogen and oxygen atoms in total. The number of nitrogens with zero attached hydrogens (tertiary/aromatic N) is 1. The summed E-state index contributed by atoms with van der Waals surface area (Å²) in [5.74, 6) is 0. The largest absolute Gasteiger partial charge is 0.513 e. The van der Waals surface area contributed by atoms with Crippen molar-refractivity contribution in [3.63, 3.8) is 0 Å². The lowest BCUT2D eigenvalue weighted by molar-refractivity contribution is -0.0448. The number of halogens is 3. The Bertz CT molecular complexity index is 542. The molecule has 0 spiro atoms. The van der Waals surface area contributed by atoms with Crippen molar-refractivity contribution in [3.05, 3.63) is 29.8 Å². The van der Waals surface area contributed by atoms with Crippen LogP contribution in [-0.2, 0) is 16.4 Å². The number of aryl methyl sites for hydroxylation is 1. The maximum atomic E-state index is 12.3. The Hall–Kier alpha value is -1.28. The standard InChI is InChI=1S/C10H11F3N2O2S/c11-10(12,13)18(16,17)14-15-7-3-5-8-4-1-2-6-9(8)15/h1-2,4,6,14H,3,5,7H2. The minimum absolute atomic E-state index is 0.215. The Balaban J connectivity index is 2.28. The summed E-state index contributed by atoms with van der Waals surface area (Å²) >= 11 is 0. The number of anilines is 1. The highest BCUT2D eigenvalue weighted by molar-refractivity contribution is 7.90. The fraction of sp³-hybridized carbons (Fsp3) is 0.400. The van der Waals surface area contributed by atoms with Gasteiger partial charge < -0.3 is 0 Å². The van der Waals surface area contributed by atoms with E-state index in [9.17, 15) is 21.6 Å². The molecule has 0 amide bonds. The molecular weight excluding hydrogens is 269 g/mol. The number of benzene rings is 1. The highest BCUT2D eigenvalue weighted by Crippen LogP contribution is 2.28. The Morgan fingerprint density at radius 2 is 1.89 bits per heavy atom. The molecule has 1 aliphatic heterocycles. The molecule has 0 unspecified atom stereocenters. The number of fused-ring (bicyclic) bond motifs is 1. The molecule has 0 saturated heterocycles. The quantitative estimate of drug-likeness (QED) is 0.898. The number of nitrogens with one attached hydrogen (secondary N) is 1. The van der Waals surface area contributed by atoms with Crippen LogP contribution in [0, 0.1) is 0 Å². The Morgan fingerprint density at radius 3 is 2.56 bits per heavy atom. The second-order valence-electron chi connectivity index (χ2n) is 3.92. The van der Waals surface area contributed by atoms with Gasteiger partial charge in [0.05, 0.1) is 5.69 Å². The molecule has 2 rings (SSSR count). The van der Waals surface area contributed by atoms with Gasteiger partial charge in [0.1, 0.15) is 0 Å². The van der Waals surface area contributed by atoms with E-state index in [1.807, 2.05) is 0 Å². The first kappa shape index (κ1) is 13.2. The summed E-state index contributed by atoms with van der Waals surface area (Å²) in [7, 11) is -5.36. The first-order valence-electron chi connectivity index (χ1n) is 5.25. The van der Waals surface area contributed by atoms with Gasteiger partial charge in [-0.2, -0.15) is 13.2 Å². The van der Waals surface area contributed by atoms with Gasteiger partial charge in [-0.15, -0.1) is 4.83 Å². The predicted octanol–water partition coefficient (Wildman–Crippen LogP) is 1.79. The molecule has 18 heavy (non-hydrogen) atoms. The first-order valence-corrected chi connectivity index (χ1v) is 6.74. The van der Waals surface area contributed by atoms with Crippen molar-refractivity contribution < 1.29 is 21.6 Å². The monoisotopic (exact) mass is 280 g/mol. The molecule has 0 aliphatic carbocycles. The third-order valence-corrected chi connectivity index (χ3v) is 3.72. The maximum Gasteiger partial charge on any atom is 0.513 e. The minimum atomic E-state index is -5.36. The van der Waals surface area contributed by atoms with Gasteiger partial charge in [-0.1, -0.05) is 18.2 Å². The summed E-state index contributed by atoms with van der Waals surface area (Å²) in [5.41, 5.74) is -4.01.